The lowest BCUT2D eigenvalue weighted by molar-refractivity contribution is 0.0704. The van der Waals surface area contributed by atoms with Crippen LogP contribution in [-0.2, 0) is 13.1 Å². The first kappa shape index (κ1) is 17.2. The lowest BCUT2D eigenvalue weighted by atomic mass is 10.0. The lowest BCUT2D eigenvalue weighted by Gasteiger charge is -2.28. The van der Waals surface area contributed by atoms with Crippen LogP contribution in [0.3, 0.4) is 0 Å². The summed E-state index contributed by atoms with van der Waals surface area (Å²) in [5.74, 6) is -0.316. The van der Waals surface area contributed by atoms with Crippen LogP contribution in [-0.4, -0.2) is 51.3 Å². The summed E-state index contributed by atoms with van der Waals surface area (Å²) in [5, 5.41) is 15.7. The van der Waals surface area contributed by atoms with Crippen LogP contribution in [0.2, 0.25) is 0 Å². The van der Waals surface area contributed by atoms with Crippen molar-refractivity contribution in [3.8, 4) is 0 Å². The van der Waals surface area contributed by atoms with Crippen molar-refractivity contribution in [2.75, 3.05) is 19.7 Å². The van der Waals surface area contributed by atoms with Gasteiger partial charge in [-0.1, -0.05) is 17.7 Å². The van der Waals surface area contributed by atoms with E-state index in [2.05, 4.69) is 10.4 Å². The van der Waals surface area contributed by atoms with E-state index in [-0.39, 0.29) is 25.0 Å². The molecular weight excluding hydrogens is 320 g/mol. The van der Waals surface area contributed by atoms with Crippen molar-refractivity contribution in [2.24, 2.45) is 0 Å². The van der Waals surface area contributed by atoms with Crippen molar-refractivity contribution < 1.29 is 14.7 Å². The van der Waals surface area contributed by atoms with Gasteiger partial charge in [-0.15, -0.1) is 0 Å². The molecule has 0 radical (unpaired) electrons. The van der Waals surface area contributed by atoms with E-state index >= 15 is 0 Å². The highest BCUT2D eigenvalue weighted by atomic mass is 16.3. The molecule has 0 saturated carbocycles. The molecule has 132 valence electrons. The molecule has 0 saturated heterocycles. The zero-order valence-corrected chi connectivity index (χ0v) is 14.5. The van der Waals surface area contributed by atoms with E-state index in [1.54, 1.807) is 15.6 Å². The van der Waals surface area contributed by atoms with Gasteiger partial charge in [0.2, 0.25) is 0 Å². The molecule has 3 rings (SSSR count). The number of aromatic nitrogens is 2. The standard InChI is InChI=1S/C18H22N4O3/c1-12-3-4-13(2)15(9-12)18(25)21-6-7-22-14(11-21)10-16(20-22)17(24)19-5-8-23/h3-4,9-10,23H,5-8,11H2,1-2H3,(H,19,24). The molecule has 1 aliphatic rings. The van der Waals surface area contributed by atoms with Crippen LogP contribution in [0.25, 0.3) is 0 Å². The number of fused-ring (bicyclic) bond motifs is 1. The number of carbonyl (C=O) groups excluding carboxylic acids is 2. The van der Waals surface area contributed by atoms with Gasteiger partial charge in [-0.05, 0) is 31.5 Å². The van der Waals surface area contributed by atoms with Crippen molar-refractivity contribution in [1.29, 1.82) is 0 Å². The molecule has 7 heteroatoms. The molecule has 2 heterocycles. The number of carbonyl (C=O) groups is 2. The number of amides is 2. The summed E-state index contributed by atoms with van der Waals surface area (Å²) in [4.78, 5) is 26.6. The number of aliphatic hydroxyl groups is 1. The zero-order chi connectivity index (χ0) is 18.0. The second-order valence-electron chi connectivity index (χ2n) is 6.27. The number of hydrogen-bond donors (Lipinski definition) is 2. The van der Waals surface area contributed by atoms with Gasteiger partial charge in [0.1, 0.15) is 0 Å². The summed E-state index contributed by atoms with van der Waals surface area (Å²) in [5.41, 5.74) is 3.87. The van der Waals surface area contributed by atoms with Gasteiger partial charge in [-0.2, -0.15) is 5.10 Å². The van der Waals surface area contributed by atoms with Gasteiger partial charge in [0.15, 0.2) is 5.69 Å². The summed E-state index contributed by atoms with van der Waals surface area (Å²) < 4.78 is 1.76. The second kappa shape index (κ2) is 7.06. The van der Waals surface area contributed by atoms with Crippen LogP contribution in [0.5, 0.6) is 0 Å². The molecule has 1 aromatic carbocycles. The van der Waals surface area contributed by atoms with Gasteiger partial charge in [-0.25, -0.2) is 0 Å². The number of nitrogens with zero attached hydrogens (tertiary/aromatic N) is 3. The van der Waals surface area contributed by atoms with Crippen molar-refractivity contribution in [3.05, 3.63) is 52.3 Å². The largest absolute Gasteiger partial charge is 0.395 e. The van der Waals surface area contributed by atoms with Crippen LogP contribution in [0, 0.1) is 13.8 Å². The predicted molar refractivity (Wildman–Crippen MR) is 92.3 cm³/mol. The Kier molecular flexibility index (Phi) is 4.85. The molecule has 0 aliphatic carbocycles. The van der Waals surface area contributed by atoms with Crippen molar-refractivity contribution in [1.82, 2.24) is 20.0 Å². The summed E-state index contributed by atoms with van der Waals surface area (Å²) in [6.07, 6.45) is 0. The number of hydrogen-bond acceptors (Lipinski definition) is 4. The highest BCUT2D eigenvalue weighted by molar-refractivity contribution is 5.96. The molecule has 25 heavy (non-hydrogen) atoms. The fraction of sp³-hybridized carbons (Fsp3) is 0.389. The Morgan fingerprint density at radius 1 is 1.24 bits per heavy atom. The van der Waals surface area contributed by atoms with Crippen LogP contribution < -0.4 is 5.32 Å². The number of aliphatic hydroxyl groups excluding tert-OH is 1. The highest BCUT2D eigenvalue weighted by Gasteiger charge is 2.25. The predicted octanol–water partition coefficient (Wildman–Crippen LogP) is 0.878. The SMILES string of the molecule is Cc1ccc(C)c(C(=O)N2CCn3nc(C(=O)NCCO)cc3C2)c1. The number of nitrogens with one attached hydrogen (secondary N) is 1. The Morgan fingerprint density at radius 2 is 2.04 bits per heavy atom. The molecular formula is C18H22N4O3. The normalized spacial score (nSPS) is 13.5. The molecule has 1 aromatic heterocycles. The third kappa shape index (κ3) is 3.56. The molecule has 2 aromatic rings. The Balaban J connectivity index is 1.77. The van der Waals surface area contributed by atoms with Crippen molar-refractivity contribution >= 4 is 11.8 Å². The molecule has 0 bridgehead atoms. The fourth-order valence-electron chi connectivity index (χ4n) is 2.95. The van der Waals surface area contributed by atoms with E-state index in [9.17, 15) is 9.59 Å². The van der Waals surface area contributed by atoms with E-state index in [1.807, 2.05) is 32.0 Å². The average Bonchev–Trinajstić information content (AvgIpc) is 3.04. The van der Waals surface area contributed by atoms with E-state index in [0.29, 0.717) is 30.9 Å². The smallest absolute Gasteiger partial charge is 0.271 e. The minimum atomic E-state index is -0.316. The van der Waals surface area contributed by atoms with Crippen LogP contribution in [0.1, 0.15) is 37.7 Å². The quantitative estimate of drug-likeness (QED) is 0.863. The first-order chi connectivity index (χ1) is 12.0. The monoisotopic (exact) mass is 342 g/mol. The summed E-state index contributed by atoms with van der Waals surface area (Å²) >= 11 is 0. The van der Waals surface area contributed by atoms with Gasteiger partial charge in [-0.3, -0.25) is 14.3 Å². The van der Waals surface area contributed by atoms with E-state index in [4.69, 9.17) is 5.11 Å². The fourth-order valence-corrected chi connectivity index (χ4v) is 2.95. The minimum absolute atomic E-state index is 0.0000629. The Labute approximate surface area is 146 Å². The molecule has 0 fully saturated rings. The van der Waals surface area contributed by atoms with Gasteiger partial charge >= 0.3 is 0 Å². The maximum atomic E-state index is 12.9. The van der Waals surface area contributed by atoms with Crippen LogP contribution >= 0.6 is 0 Å². The van der Waals surface area contributed by atoms with Crippen molar-refractivity contribution in [3.63, 3.8) is 0 Å². The molecule has 2 N–H and O–H groups in total. The molecule has 0 unspecified atom stereocenters. The van der Waals surface area contributed by atoms with E-state index in [1.165, 1.54) is 0 Å². The van der Waals surface area contributed by atoms with Crippen LogP contribution in [0.4, 0.5) is 0 Å². The maximum Gasteiger partial charge on any atom is 0.271 e. The second-order valence-corrected chi connectivity index (χ2v) is 6.27. The minimum Gasteiger partial charge on any atom is -0.395 e. The Hall–Kier alpha value is -2.67. The summed E-state index contributed by atoms with van der Waals surface area (Å²) in [6.45, 7) is 5.52. The van der Waals surface area contributed by atoms with Crippen molar-refractivity contribution in [2.45, 2.75) is 26.9 Å². The Bertz CT molecular complexity index is 813. The third-order valence-corrected chi connectivity index (χ3v) is 4.34. The maximum absolute atomic E-state index is 12.9. The number of rotatable bonds is 4. The Morgan fingerprint density at radius 3 is 2.80 bits per heavy atom. The first-order valence-corrected chi connectivity index (χ1v) is 8.32. The third-order valence-electron chi connectivity index (χ3n) is 4.34. The van der Waals surface area contributed by atoms with Gasteiger partial charge in [0, 0.05) is 18.7 Å². The zero-order valence-electron chi connectivity index (χ0n) is 14.5. The van der Waals surface area contributed by atoms with Gasteiger partial charge in [0.05, 0.1) is 25.4 Å². The summed E-state index contributed by atoms with van der Waals surface area (Å²) in [7, 11) is 0. The number of benzene rings is 1. The molecule has 7 nitrogen and oxygen atoms in total. The molecule has 2 amide bonds. The van der Waals surface area contributed by atoms with Gasteiger partial charge in [0.25, 0.3) is 11.8 Å². The highest BCUT2D eigenvalue weighted by Crippen LogP contribution is 2.19. The molecule has 0 atom stereocenters. The first-order valence-electron chi connectivity index (χ1n) is 8.32. The van der Waals surface area contributed by atoms with Gasteiger partial charge < -0.3 is 15.3 Å². The van der Waals surface area contributed by atoms with Crippen LogP contribution in [0.15, 0.2) is 24.3 Å². The van der Waals surface area contributed by atoms with E-state index in [0.717, 1.165) is 16.8 Å². The number of aryl methyl sites for hydroxylation is 2. The molecule has 1 aliphatic heterocycles. The lowest BCUT2D eigenvalue weighted by Crippen LogP contribution is -2.38. The summed E-state index contributed by atoms with van der Waals surface area (Å²) in [6, 6.07) is 7.57. The average molecular weight is 342 g/mol. The topological polar surface area (TPSA) is 87.5 Å². The molecule has 0 spiro atoms. The van der Waals surface area contributed by atoms with E-state index < -0.39 is 0 Å².